The van der Waals surface area contributed by atoms with Crippen LogP contribution in [0, 0.1) is 11.3 Å². The van der Waals surface area contributed by atoms with E-state index in [0.29, 0.717) is 31.1 Å². The molecule has 2 aromatic rings. The largest absolute Gasteiger partial charge is 0.375 e. The maximum Gasteiger partial charge on any atom is 0.142 e. The molecule has 7 nitrogen and oxygen atoms in total. The number of pyridine rings is 1. The summed E-state index contributed by atoms with van der Waals surface area (Å²) in [7, 11) is 0. The zero-order chi connectivity index (χ0) is 24.9. The van der Waals surface area contributed by atoms with Gasteiger partial charge in [0.2, 0.25) is 0 Å². The molecule has 2 atom stereocenters. The first-order chi connectivity index (χ1) is 16.8. The molecule has 0 amide bonds. The molecule has 1 aromatic carbocycles. The minimum atomic E-state index is -0.668. The van der Waals surface area contributed by atoms with Crippen molar-refractivity contribution < 1.29 is 9.84 Å². The zero-order valence-electron chi connectivity index (χ0n) is 21.4. The van der Waals surface area contributed by atoms with Crippen LogP contribution in [0.25, 0.3) is 0 Å². The lowest BCUT2D eigenvalue weighted by Gasteiger charge is -2.55. The van der Waals surface area contributed by atoms with Gasteiger partial charge in [0.15, 0.2) is 0 Å². The van der Waals surface area contributed by atoms with Gasteiger partial charge in [0.25, 0.3) is 0 Å². The molecule has 1 aromatic heterocycles. The number of piperazine rings is 1. The Hall–Kier alpha value is -2.50. The number of anilines is 1. The number of aliphatic hydroxyl groups excluding tert-OH is 1. The Morgan fingerprint density at radius 2 is 1.86 bits per heavy atom. The Kier molecular flexibility index (Phi) is 8.08. The second-order valence-electron chi connectivity index (χ2n) is 10.5. The van der Waals surface area contributed by atoms with Crippen LogP contribution in [-0.2, 0) is 11.3 Å². The standard InChI is InChI=1S/C28H39N5O2/c1-4-26(34)33(25-12-8-11-24(19-29)30-25)22-28(13-18-35-27(2,3)21-28)32-16-14-31(15-17-32)20-23-9-6-5-7-10-23/h5-12,26,34H,4,13-18,20-22H2,1-3H3. The molecule has 188 valence electrons. The molecule has 35 heavy (non-hydrogen) atoms. The van der Waals surface area contributed by atoms with Crippen LogP contribution in [0.3, 0.4) is 0 Å². The maximum absolute atomic E-state index is 11.1. The summed E-state index contributed by atoms with van der Waals surface area (Å²) in [4.78, 5) is 11.7. The van der Waals surface area contributed by atoms with E-state index in [1.54, 1.807) is 6.07 Å². The number of rotatable bonds is 8. The van der Waals surface area contributed by atoms with Crippen LogP contribution in [0.4, 0.5) is 5.82 Å². The summed E-state index contributed by atoms with van der Waals surface area (Å²) in [5.41, 5.74) is 1.32. The van der Waals surface area contributed by atoms with Gasteiger partial charge < -0.3 is 14.7 Å². The summed E-state index contributed by atoms with van der Waals surface area (Å²) in [6, 6.07) is 18.3. The van der Waals surface area contributed by atoms with E-state index in [4.69, 9.17) is 4.74 Å². The molecule has 0 bridgehead atoms. The fraction of sp³-hybridized carbons (Fsp3) is 0.571. The van der Waals surface area contributed by atoms with Crippen LogP contribution in [0.5, 0.6) is 0 Å². The Morgan fingerprint density at radius 1 is 1.11 bits per heavy atom. The first kappa shape index (κ1) is 25.6. The van der Waals surface area contributed by atoms with Gasteiger partial charge in [-0.05, 0) is 50.8 Å². The minimum Gasteiger partial charge on any atom is -0.375 e. The Balaban J connectivity index is 1.57. The minimum absolute atomic E-state index is 0.152. The molecular weight excluding hydrogens is 438 g/mol. The highest BCUT2D eigenvalue weighted by atomic mass is 16.5. The van der Waals surface area contributed by atoms with Gasteiger partial charge in [0.1, 0.15) is 23.8 Å². The van der Waals surface area contributed by atoms with Crippen LogP contribution >= 0.6 is 0 Å². The van der Waals surface area contributed by atoms with Crippen molar-refractivity contribution in [1.82, 2.24) is 14.8 Å². The van der Waals surface area contributed by atoms with Crippen molar-refractivity contribution in [1.29, 1.82) is 5.26 Å². The van der Waals surface area contributed by atoms with E-state index in [1.807, 2.05) is 24.0 Å². The van der Waals surface area contributed by atoms with Crippen molar-refractivity contribution in [2.75, 3.05) is 44.2 Å². The van der Waals surface area contributed by atoms with Crippen LogP contribution in [0.2, 0.25) is 0 Å². The average molecular weight is 478 g/mol. The zero-order valence-corrected chi connectivity index (χ0v) is 21.4. The van der Waals surface area contributed by atoms with Crippen LogP contribution in [-0.4, -0.2) is 76.6 Å². The summed E-state index contributed by atoms with van der Waals surface area (Å²) < 4.78 is 6.15. The number of hydrogen-bond donors (Lipinski definition) is 1. The molecule has 1 N–H and O–H groups in total. The molecule has 7 heteroatoms. The van der Waals surface area contributed by atoms with Gasteiger partial charge in [0, 0.05) is 51.4 Å². The molecule has 0 saturated carbocycles. The second-order valence-corrected chi connectivity index (χ2v) is 10.5. The summed E-state index contributed by atoms with van der Waals surface area (Å²) in [5, 5.41) is 20.5. The molecule has 0 radical (unpaired) electrons. The van der Waals surface area contributed by atoms with Gasteiger partial charge in [-0.2, -0.15) is 5.26 Å². The van der Waals surface area contributed by atoms with E-state index in [1.165, 1.54) is 5.56 Å². The normalized spacial score (nSPS) is 24.0. The van der Waals surface area contributed by atoms with Crippen LogP contribution < -0.4 is 4.90 Å². The van der Waals surface area contributed by atoms with Crippen LogP contribution in [0.15, 0.2) is 48.5 Å². The first-order valence-corrected chi connectivity index (χ1v) is 12.8. The third-order valence-corrected chi connectivity index (χ3v) is 7.44. The molecule has 2 aliphatic rings. The van der Waals surface area contributed by atoms with Gasteiger partial charge in [-0.15, -0.1) is 0 Å². The first-order valence-electron chi connectivity index (χ1n) is 12.8. The van der Waals surface area contributed by atoms with Gasteiger partial charge in [-0.3, -0.25) is 9.80 Å². The molecule has 4 rings (SSSR count). The van der Waals surface area contributed by atoms with E-state index >= 15 is 0 Å². The third-order valence-electron chi connectivity index (χ3n) is 7.44. The smallest absolute Gasteiger partial charge is 0.142 e. The van der Waals surface area contributed by atoms with Crippen molar-refractivity contribution in [2.45, 2.75) is 63.9 Å². The SMILES string of the molecule is CCC(O)N(CC1(N2CCN(Cc3ccccc3)CC2)CCOC(C)(C)C1)c1cccc(C#N)n1. The number of hydrogen-bond acceptors (Lipinski definition) is 7. The van der Waals surface area contributed by atoms with Gasteiger partial charge in [-0.1, -0.05) is 43.3 Å². The van der Waals surface area contributed by atoms with E-state index in [9.17, 15) is 10.4 Å². The summed E-state index contributed by atoms with van der Waals surface area (Å²) in [6.45, 7) is 12.6. The predicted molar refractivity (Wildman–Crippen MR) is 138 cm³/mol. The number of nitriles is 1. The van der Waals surface area contributed by atoms with Gasteiger partial charge in [-0.25, -0.2) is 4.98 Å². The highest BCUT2D eigenvalue weighted by Gasteiger charge is 2.47. The number of aliphatic hydroxyl groups is 1. The Bertz CT molecular complexity index is 1000. The van der Waals surface area contributed by atoms with Crippen molar-refractivity contribution in [3.05, 3.63) is 59.8 Å². The molecule has 2 saturated heterocycles. The molecule has 2 aliphatic heterocycles. The summed E-state index contributed by atoms with van der Waals surface area (Å²) >= 11 is 0. The Labute approximate surface area is 209 Å². The second kappa shape index (κ2) is 11.0. The van der Waals surface area contributed by atoms with Crippen LogP contribution in [0.1, 0.15) is 51.3 Å². The van der Waals surface area contributed by atoms with Gasteiger partial charge >= 0.3 is 0 Å². The lowest BCUT2D eigenvalue weighted by Crippen LogP contribution is -2.66. The summed E-state index contributed by atoms with van der Waals surface area (Å²) in [6.07, 6.45) is 1.70. The number of benzene rings is 1. The van der Waals surface area contributed by atoms with Crippen molar-refractivity contribution in [2.24, 2.45) is 0 Å². The average Bonchev–Trinajstić information content (AvgIpc) is 2.87. The molecule has 0 aliphatic carbocycles. The number of aromatic nitrogens is 1. The fourth-order valence-electron chi connectivity index (χ4n) is 5.70. The van der Waals surface area contributed by atoms with E-state index in [-0.39, 0.29) is 11.1 Å². The molecule has 3 heterocycles. The molecular formula is C28H39N5O2. The van der Waals surface area contributed by atoms with E-state index in [2.05, 4.69) is 65.0 Å². The fourth-order valence-corrected chi connectivity index (χ4v) is 5.70. The predicted octanol–water partition coefficient (Wildman–Crippen LogP) is 3.63. The highest BCUT2D eigenvalue weighted by Crippen LogP contribution is 2.39. The topological polar surface area (TPSA) is 75.9 Å². The molecule has 2 unspecified atom stereocenters. The number of ether oxygens (including phenoxy) is 1. The lowest BCUT2D eigenvalue weighted by atomic mass is 9.78. The molecule has 2 fully saturated rings. The maximum atomic E-state index is 11.1. The number of nitrogens with zero attached hydrogens (tertiary/aromatic N) is 5. The van der Waals surface area contributed by atoms with E-state index in [0.717, 1.165) is 45.6 Å². The van der Waals surface area contributed by atoms with E-state index < -0.39 is 6.23 Å². The Morgan fingerprint density at radius 3 is 2.51 bits per heavy atom. The van der Waals surface area contributed by atoms with Crippen molar-refractivity contribution in [3.8, 4) is 6.07 Å². The molecule has 0 spiro atoms. The van der Waals surface area contributed by atoms with Crippen molar-refractivity contribution in [3.63, 3.8) is 0 Å². The lowest BCUT2D eigenvalue weighted by molar-refractivity contribution is -0.126. The summed E-state index contributed by atoms with van der Waals surface area (Å²) in [5.74, 6) is 0.657. The monoisotopic (exact) mass is 477 g/mol. The van der Waals surface area contributed by atoms with Gasteiger partial charge in [0.05, 0.1) is 5.60 Å². The highest BCUT2D eigenvalue weighted by molar-refractivity contribution is 5.43. The van der Waals surface area contributed by atoms with Crippen molar-refractivity contribution >= 4 is 5.82 Å². The third kappa shape index (κ3) is 6.20. The quantitative estimate of drug-likeness (QED) is 0.582.